The highest BCUT2D eigenvalue weighted by molar-refractivity contribution is 5.87. The quantitative estimate of drug-likeness (QED) is 0.730. The van der Waals surface area contributed by atoms with Gasteiger partial charge in [-0.2, -0.15) is 0 Å². The molecule has 0 aromatic heterocycles. The molecule has 4 nitrogen and oxygen atoms in total. The first-order chi connectivity index (χ1) is 7.43. The largest absolute Gasteiger partial charge is 0.478 e. The highest BCUT2D eigenvalue weighted by atomic mass is 16.4. The van der Waals surface area contributed by atoms with E-state index in [9.17, 15) is 4.79 Å². The van der Waals surface area contributed by atoms with Crippen molar-refractivity contribution in [3.05, 3.63) is 35.9 Å². The molecule has 0 amide bonds. The molecule has 16 heavy (non-hydrogen) atoms. The van der Waals surface area contributed by atoms with Crippen molar-refractivity contribution in [3.63, 3.8) is 0 Å². The Bertz CT molecular complexity index is 300. The van der Waals surface area contributed by atoms with E-state index in [0.717, 1.165) is 0 Å². The molecule has 3 N–H and O–H groups in total. The van der Waals surface area contributed by atoms with Gasteiger partial charge in [0.05, 0.1) is 17.8 Å². The number of aromatic carboxylic acids is 1. The monoisotopic (exact) mass is 226 g/mol. The molecule has 0 heterocycles. The second kappa shape index (κ2) is 6.98. The van der Waals surface area contributed by atoms with E-state index in [2.05, 4.69) is 0 Å². The van der Waals surface area contributed by atoms with Crippen LogP contribution in [0.2, 0.25) is 0 Å². The third-order valence-electron chi connectivity index (χ3n) is 2.12. The Labute approximate surface area is 95.2 Å². The Morgan fingerprint density at radius 2 is 1.81 bits per heavy atom. The molecule has 1 aromatic rings. The van der Waals surface area contributed by atoms with Gasteiger partial charge in [0.2, 0.25) is 0 Å². The van der Waals surface area contributed by atoms with Gasteiger partial charge in [-0.25, -0.2) is 4.79 Å². The number of hydrogen-bond acceptors (Lipinski definition) is 3. The summed E-state index contributed by atoms with van der Waals surface area (Å²) in [5.74, 6) is -0.879. The third kappa shape index (κ3) is 6.16. The van der Waals surface area contributed by atoms with Crippen LogP contribution in [0, 0.1) is 0 Å². The summed E-state index contributed by atoms with van der Waals surface area (Å²) in [5, 5.41) is 25.6. The summed E-state index contributed by atoms with van der Waals surface area (Å²) < 4.78 is 0. The lowest BCUT2D eigenvalue weighted by atomic mass is 10.1. The lowest BCUT2D eigenvalue weighted by Gasteiger charge is -2.16. The van der Waals surface area contributed by atoms with Crippen LogP contribution >= 0.6 is 0 Å². The van der Waals surface area contributed by atoms with E-state index in [4.69, 9.17) is 15.3 Å². The van der Waals surface area contributed by atoms with Crippen molar-refractivity contribution in [2.24, 2.45) is 0 Å². The lowest BCUT2D eigenvalue weighted by molar-refractivity contribution is -0.00108. The average Bonchev–Trinajstić information content (AvgIpc) is 2.31. The first kappa shape index (κ1) is 14.6. The summed E-state index contributed by atoms with van der Waals surface area (Å²) in [6.07, 6.45) is 0.601. The maximum Gasteiger partial charge on any atom is 0.335 e. The van der Waals surface area contributed by atoms with E-state index >= 15 is 0 Å². The van der Waals surface area contributed by atoms with Gasteiger partial charge in [0, 0.05) is 0 Å². The molecule has 90 valence electrons. The topological polar surface area (TPSA) is 77.8 Å². The summed E-state index contributed by atoms with van der Waals surface area (Å²) >= 11 is 0. The van der Waals surface area contributed by atoms with E-state index in [1.165, 1.54) is 0 Å². The SMILES string of the molecule is CCC(C)(O)CO.O=C(O)c1ccccc1. The van der Waals surface area contributed by atoms with Crippen molar-refractivity contribution in [2.75, 3.05) is 6.61 Å². The van der Waals surface area contributed by atoms with Crippen LogP contribution in [0.25, 0.3) is 0 Å². The number of aliphatic hydroxyl groups excluding tert-OH is 1. The van der Waals surface area contributed by atoms with E-state index in [1.54, 1.807) is 37.3 Å². The zero-order chi connectivity index (χ0) is 12.6. The smallest absolute Gasteiger partial charge is 0.335 e. The fraction of sp³-hybridized carbons (Fsp3) is 0.417. The number of rotatable bonds is 3. The van der Waals surface area contributed by atoms with Crippen molar-refractivity contribution >= 4 is 5.97 Å². The minimum absolute atomic E-state index is 0.149. The van der Waals surface area contributed by atoms with Gasteiger partial charge in [0.15, 0.2) is 0 Å². The van der Waals surface area contributed by atoms with Crippen LogP contribution in [0.4, 0.5) is 0 Å². The summed E-state index contributed by atoms with van der Waals surface area (Å²) in [4.78, 5) is 10.2. The molecule has 1 rings (SSSR count). The summed E-state index contributed by atoms with van der Waals surface area (Å²) in [5.41, 5.74) is -0.530. The number of aliphatic hydroxyl groups is 2. The van der Waals surface area contributed by atoms with Gasteiger partial charge in [-0.15, -0.1) is 0 Å². The second-order valence-corrected chi connectivity index (χ2v) is 3.68. The fourth-order valence-electron chi connectivity index (χ4n) is 0.693. The molecule has 0 aliphatic carbocycles. The summed E-state index contributed by atoms with van der Waals surface area (Å²) in [6, 6.07) is 8.30. The standard InChI is InChI=1S/C7H6O2.C5H12O2/c8-7(9)6-4-2-1-3-5-6;1-3-5(2,7)4-6/h1-5H,(H,8,9);6-7H,3-4H2,1-2H3. The maximum absolute atomic E-state index is 10.2. The molecule has 0 spiro atoms. The van der Waals surface area contributed by atoms with Crippen molar-refractivity contribution in [1.82, 2.24) is 0 Å². The normalized spacial score (nSPS) is 13.2. The zero-order valence-corrected chi connectivity index (χ0v) is 9.55. The van der Waals surface area contributed by atoms with Crippen LogP contribution in [-0.2, 0) is 0 Å². The van der Waals surface area contributed by atoms with Gasteiger partial charge in [-0.3, -0.25) is 0 Å². The van der Waals surface area contributed by atoms with Crippen molar-refractivity contribution < 1.29 is 20.1 Å². The van der Waals surface area contributed by atoms with E-state index in [1.807, 2.05) is 6.92 Å². The molecule has 4 heteroatoms. The molecule has 0 aliphatic rings. The Hall–Kier alpha value is -1.39. The summed E-state index contributed by atoms with van der Waals surface area (Å²) in [7, 11) is 0. The summed E-state index contributed by atoms with van der Waals surface area (Å²) in [6.45, 7) is 3.28. The first-order valence-corrected chi connectivity index (χ1v) is 5.04. The molecule has 0 fully saturated rings. The van der Waals surface area contributed by atoms with Crippen LogP contribution in [-0.4, -0.2) is 33.5 Å². The van der Waals surface area contributed by atoms with E-state index in [-0.39, 0.29) is 6.61 Å². The van der Waals surface area contributed by atoms with Gasteiger partial charge < -0.3 is 15.3 Å². The molecule has 0 radical (unpaired) electrons. The van der Waals surface area contributed by atoms with Crippen molar-refractivity contribution in [1.29, 1.82) is 0 Å². The van der Waals surface area contributed by atoms with Crippen LogP contribution in [0.15, 0.2) is 30.3 Å². The predicted octanol–water partition coefficient (Wildman–Crippen LogP) is 1.52. The highest BCUT2D eigenvalue weighted by Crippen LogP contribution is 2.04. The molecule has 0 saturated carbocycles. The van der Waals surface area contributed by atoms with Crippen molar-refractivity contribution in [2.45, 2.75) is 25.9 Å². The van der Waals surface area contributed by atoms with Gasteiger partial charge >= 0.3 is 5.97 Å². The Balaban J connectivity index is 0.000000293. The molecule has 1 unspecified atom stereocenters. The van der Waals surface area contributed by atoms with Gasteiger partial charge in [-0.05, 0) is 25.5 Å². The number of hydrogen-bond donors (Lipinski definition) is 3. The minimum atomic E-state index is -0.879. The zero-order valence-electron chi connectivity index (χ0n) is 9.55. The van der Waals surface area contributed by atoms with E-state index < -0.39 is 11.6 Å². The molecule has 1 atom stereocenters. The maximum atomic E-state index is 10.2. The van der Waals surface area contributed by atoms with Crippen LogP contribution in [0.3, 0.4) is 0 Å². The molecule has 0 bridgehead atoms. The van der Waals surface area contributed by atoms with Crippen molar-refractivity contribution in [3.8, 4) is 0 Å². The molecule has 1 aromatic carbocycles. The third-order valence-corrected chi connectivity index (χ3v) is 2.12. The minimum Gasteiger partial charge on any atom is -0.478 e. The molecule has 0 saturated heterocycles. The van der Waals surface area contributed by atoms with Gasteiger partial charge in [-0.1, -0.05) is 25.1 Å². The molecular weight excluding hydrogens is 208 g/mol. The van der Waals surface area contributed by atoms with Crippen LogP contribution in [0.1, 0.15) is 30.6 Å². The van der Waals surface area contributed by atoms with Crippen LogP contribution < -0.4 is 0 Å². The van der Waals surface area contributed by atoms with Crippen LogP contribution in [0.5, 0.6) is 0 Å². The molecule has 0 aliphatic heterocycles. The predicted molar refractivity (Wildman–Crippen MR) is 61.4 cm³/mol. The molecular formula is C12H18O4. The second-order valence-electron chi connectivity index (χ2n) is 3.68. The first-order valence-electron chi connectivity index (χ1n) is 5.04. The Kier molecular flexibility index (Phi) is 6.37. The number of carbonyl (C=O) groups is 1. The number of benzene rings is 1. The van der Waals surface area contributed by atoms with Gasteiger partial charge in [0.1, 0.15) is 0 Å². The number of carboxylic acids is 1. The van der Waals surface area contributed by atoms with E-state index in [0.29, 0.717) is 12.0 Å². The van der Waals surface area contributed by atoms with Gasteiger partial charge in [0.25, 0.3) is 0 Å². The highest BCUT2D eigenvalue weighted by Gasteiger charge is 2.13. The Morgan fingerprint density at radius 3 is 2.00 bits per heavy atom. The fourth-order valence-corrected chi connectivity index (χ4v) is 0.693. The average molecular weight is 226 g/mol. The number of carboxylic acid groups (broad SMARTS) is 1. The lowest BCUT2D eigenvalue weighted by Crippen LogP contribution is -2.27. The Morgan fingerprint density at radius 1 is 1.31 bits per heavy atom.